The molecule has 2 aromatic rings. The number of anilines is 1. The smallest absolute Gasteiger partial charge is 0.228 e. The minimum Gasteiger partial charge on any atom is -0.346 e. The predicted octanol–water partition coefficient (Wildman–Crippen LogP) is 3.31. The Labute approximate surface area is 175 Å². The molecule has 9 heteroatoms. The molecule has 0 spiro atoms. The quantitative estimate of drug-likeness (QED) is 0.699. The first kappa shape index (κ1) is 19.9. The van der Waals surface area contributed by atoms with Crippen molar-refractivity contribution in [2.24, 2.45) is 5.92 Å². The van der Waals surface area contributed by atoms with E-state index in [0.29, 0.717) is 5.82 Å². The van der Waals surface area contributed by atoms with Gasteiger partial charge in [-0.2, -0.15) is 4.31 Å². The molecule has 2 saturated heterocycles. The van der Waals surface area contributed by atoms with Gasteiger partial charge in [0, 0.05) is 29.6 Å². The topological polar surface area (TPSA) is 95.2 Å². The molecule has 2 atom stereocenters. The van der Waals surface area contributed by atoms with Crippen molar-refractivity contribution in [2.75, 3.05) is 17.7 Å². The minimum absolute atomic E-state index is 0.0215. The largest absolute Gasteiger partial charge is 0.346 e. The van der Waals surface area contributed by atoms with Crippen LogP contribution in [0, 0.1) is 5.92 Å². The van der Waals surface area contributed by atoms with E-state index in [0.717, 1.165) is 55.1 Å². The van der Waals surface area contributed by atoms with Crippen molar-refractivity contribution in [2.45, 2.75) is 62.9 Å². The summed E-state index contributed by atoms with van der Waals surface area (Å²) in [6.07, 6.45) is 6.95. The summed E-state index contributed by atoms with van der Waals surface area (Å²) in [4.78, 5) is 19.9. The van der Waals surface area contributed by atoms with Crippen LogP contribution in [0.4, 0.5) is 10.2 Å². The number of aromatic amines is 1. The van der Waals surface area contributed by atoms with Crippen LogP contribution in [-0.4, -0.2) is 53.1 Å². The Hall–Kier alpha value is -2.00. The third kappa shape index (κ3) is 3.62. The highest BCUT2D eigenvalue weighted by molar-refractivity contribution is 7.89. The van der Waals surface area contributed by atoms with Crippen LogP contribution in [0.3, 0.4) is 0 Å². The monoisotopic (exact) mass is 434 g/mol. The summed E-state index contributed by atoms with van der Waals surface area (Å²) >= 11 is 0. The number of piperidine rings is 1. The van der Waals surface area contributed by atoms with Crippen LogP contribution in [0.1, 0.15) is 56.4 Å². The number of amides is 1. The van der Waals surface area contributed by atoms with Crippen LogP contribution in [-0.2, 0) is 14.8 Å². The van der Waals surface area contributed by atoms with Crippen molar-refractivity contribution in [1.82, 2.24) is 14.3 Å². The zero-order valence-corrected chi connectivity index (χ0v) is 17.6. The van der Waals surface area contributed by atoms with Crippen molar-refractivity contribution < 1.29 is 17.6 Å². The Kier molecular flexibility index (Phi) is 5.05. The summed E-state index contributed by atoms with van der Waals surface area (Å²) in [5.74, 6) is 0.766. The second kappa shape index (κ2) is 7.60. The van der Waals surface area contributed by atoms with Crippen molar-refractivity contribution in [3.8, 4) is 0 Å². The predicted molar refractivity (Wildman–Crippen MR) is 112 cm³/mol. The number of hydrogen-bond acceptors (Lipinski definition) is 4. The van der Waals surface area contributed by atoms with E-state index < -0.39 is 16.7 Å². The van der Waals surface area contributed by atoms with Crippen molar-refractivity contribution in [3.63, 3.8) is 0 Å². The molecule has 2 unspecified atom stereocenters. The number of nitrogens with one attached hydrogen (secondary N) is 2. The lowest BCUT2D eigenvalue weighted by atomic mass is 9.85. The molecule has 2 aromatic heterocycles. The molecule has 3 aliphatic rings. The Bertz CT molecular complexity index is 1050. The Balaban J connectivity index is 1.41. The van der Waals surface area contributed by atoms with E-state index in [2.05, 4.69) is 15.3 Å². The molecule has 1 saturated carbocycles. The summed E-state index contributed by atoms with van der Waals surface area (Å²) in [6.45, 7) is -0.608. The summed E-state index contributed by atoms with van der Waals surface area (Å²) in [5, 5.41) is 3.97. The Morgan fingerprint density at radius 2 is 1.97 bits per heavy atom. The fourth-order valence-corrected chi connectivity index (χ4v) is 7.20. The molecule has 5 rings (SSSR count). The molecule has 162 valence electrons. The maximum atomic E-state index is 12.8. The number of pyridine rings is 1. The average molecular weight is 435 g/mol. The van der Waals surface area contributed by atoms with Gasteiger partial charge in [-0.15, -0.1) is 0 Å². The first-order valence-electron chi connectivity index (χ1n) is 10.8. The summed E-state index contributed by atoms with van der Waals surface area (Å²) in [6, 6.07) is 3.89. The van der Waals surface area contributed by atoms with Crippen LogP contribution < -0.4 is 5.32 Å². The van der Waals surface area contributed by atoms with E-state index in [1.54, 1.807) is 4.31 Å². The first-order valence-corrected chi connectivity index (χ1v) is 12.4. The molecule has 3 fully saturated rings. The van der Waals surface area contributed by atoms with Crippen molar-refractivity contribution in [3.05, 3.63) is 23.9 Å². The van der Waals surface area contributed by atoms with Gasteiger partial charge in [0.15, 0.2) is 0 Å². The maximum Gasteiger partial charge on any atom is 0.228 e. The van der Waals surface area contributed by atoms with Gasteiger partial charge in [0.2, 0.25) is 15.9 Å². The Morgan fingerprint density at radius 3 is 2.63 bits per heavy atom. The van der Waals surface area contributed by atoms with Crippen LogP contribution >= 0.6 is 0 Å². The average Bonchev–Trinajstić information content (AvgIpc) is 3.40. The number of carbonyl (C=O) groups is 1. The van der Waals surface area contributed by atoms with Gasteiger partial charge in [-0.25, -0.2) is 13.4 Å². The highest BCUT2D eigenvalue weighted by Gasteiger charge is 2.47. The lowest BCUT2D eigenvalue weighted by Gasteiger charge is -2.38. The first-order chi connectivity index (χ1) is 14.5. The van der Waals surface area contributed by atoms with E-state index in [-0.39, 0.29) is 42.0 Å². The van der Waals surface area contributed by atoms with Crippen LogP contribution in [0.25, 0.3) is 11.0 Å². The number of halogens is 1. The van der Waals surface area contributed by atoms with Crippen LogP contribution in [0.2, 0.25) is 0 Å². The standard InChI is InChI=1S/C21H27FN4O3S/c22-7-1-9-30(28,29)26-15-4-5-16(26)11-14(10-15)18-12-19(25-21(27)13-2-3-13)24-20-17(18)6-8-23-20/h6,8,12-16H,1-5,7,9-11H2,(H2,23,24,25,27). The number of hydrogen-bond donors (Lipinski definition) is 2. The third-order valence-corrected chi connectivity index (χ3v) is 8.77. The lowest BCUT2D eigenvalue weighted by molar-refractivity contribution is -0.117. The van der Waals surface area contributed by atoms with Gasteiger partial charge < -0.3 is 10.3 Å². The molecule has 1 aliphatic carbocycles. The molecule has 2 aliphatic heterocycles. The molecule has 7 nitrogen and oxygen atoms in total. The summed E-state index contributed by atoms with van der Waals surface area (Å²) < 4.78 is 39.8. The molecule has 0 aromatic carbocycles. The van der Waals surface area contributed by atoms with Gasteiger partial charge in [0.25, 0.3) is 0 Å². The number of H-pyrrole nitrogens is 1. The van der Waals surface area contributed by atoms with Crippen LogP contribution in [0.15, 0.2) is 18.3 Å². The lowest BCUT2D eigenvalue weighted by Crippen LogP contribution is -2.47. The molecule has 2 bridgehead atoms. The molecule has 0 radical (unpaired) electrons. The van der Waals surface area contributed by atoms with E-state index in [1.165, 1.54) is 0 Å². The van der Waals surface area contributed by atoms with Gasteiger partial charge in [-0.3, -0.25) is 9.18 Å². The number of sulfonamides is 1. The number of carbonyl (C=O) groups excluding carboxylic acids is 1. The van der Waals surface area contributed by atoms with E-state index in [4.69, 9.17) is 0 Å². The van der Waals surface area contributed by atoms with Crippen molar-refractivity contribution >= 4 is 32.8 Å². The normalized spacial score (nSPS) is 26.9. The number of rotatable bonds is 7. The van der Waals surface area contributed by atoms with Crippen molar-refractivity contribution in [1.29, 1.82) is 0 Å². The number of fused-ring (bicyclic) bond motifs is 3. The second-order valence-electron chi connectivity index (χ2n) is 8.84. The molecular weight excluding hydrogens is 407 g/mol. The number of aromatic nitrogens is 2. The minimum atomic E-state index is -3.43. The van der Waals surface area contributed by atoms with Gasteiger partial charge >= 0.3 is 0 Å². The molecule has 2 N–H and O–H groups in total. The Morgan fingerprint density at radius 1 is 1.23 bits per heavy atom. The third-order valence-electron chi connectivity index (χ3n) is 6.72. The molecule has 1 amide bonds. The molecule has 4 heterocycles. The zero-order chi connectivity index (χ0) is 20.9. The second-order valence-corrected chi connectivity index (χ2v) is 10.8. The van der Waals surface area contributed by atoms with Crippen LogP contribution in [0.5, 0.6) is 0 Å². The SMILES string of the molecule is O=C(Nc1cc(C2CC3CCC(C2)N3S(=O)(=O)CCCF)c2cc[nH]c2n1)C1CC1. The van der Waals surface area contributed by atoms with E-state index in [9.17, 15) is 17.6 Å². The number of alkyl halides is 1. The fourth-order valence-electron chi connectivity index (χ4n) is 5.22. The summed E-state index contributed by atoms with van der Waals surface area (Å²) in [5.41, 5.74) is 1.86. The highest BCUT2D eigenvalue weighted by Crippen LogP contribution is 2.46. The number of nitrogens with zero attached hydrogens (tertiary/aromatic N) is 2. The van der Waals surface area contributed by atoms with Gasteiger partial charge in [0.1, 0.15) is 11.5 Å². The summed E-state index contributed by atoms with van der Waals surface area (Å²) in [7, 11) is -3.43. The van der Waals surface area contributed by atoms with E-state index in [1.807, 2.05) is 18.3 Å². The van der Waals surface area contributed by atoms with Gasteiger partial charge in [-0.1, -0.05) is 0 Å². The van der Waals surface area contributed by atoms with Gasteiger partial charge in [0.05, 0.1) is 12.4 Å². The molecule has 30 heavy (non-hydrogen) atoms. The van der Waals surface area contributed by atoms with E-state index >= 15 is 0 Å². The molecular formula is C21H27FN4O3S. The van der Waals surface area contributed by atoms with Gasteiger partial charge in [-0.05, 0) is 68.6 Å². The highest BCUT2D eigenvalue weighted by atomic mass is 32.2. The zero-order valence-electron chi connectivity index (χ0n) is 16.8. The fraction of sp³-hybridized carbons (Fsp3) is 0.619. The maximum absolute atomic E-state index is 12.8.